The second kappa shape index (κ2) is 6.52. The first-order chi connectivity index (χ1) is 11.4. The van der Waals surface area contributed by atoms with E-state index in [0.717, 1.165) is 25.7 Å². The molecule has 0 spiro atoms. The van der Waals surface area contributed by atoms with Crippen molar-refractivity contribution < 1.29 is 13.2 Å². The highest BCUT2D eigenvalue weighted by molar-refractivity contribution is 7.90. The first-order valence-corrected chi connectivity index (χ1v) is 9.63. The van der Waals surface area contributed by atoms with Crippen LogP contribution in [0.4, 0.5) is 5.82 Å². The number of nitrogens with zero attached hydrogens (tertiary/aromatic N) is 1. The van der Waals surface area contributed by atoms with Crippen molar-refractivity contribution in [3.63, 3.8) is 0 Å². The van der Waals surface area contributed by atoms with Crippen LogP contribution in [-0.2, 0) is 14.8 Å². The van der Waals surface area contributed by atoms with E-state index in [0.29, 0.717) is 13.0 Å². The molecule has 2 aliphatic rings. The molecule has 130 valence electrons. The van der Waals surface area contributed by atoms with Crippen LogP contribution in [-0.4, -0.2) is 31.4 Å². The van der Waals surface area contributed by atoms with Crippen molar-refractivity contribution in [1.82, 2.24) is 9.71 Å². The van der Waals surface area contributed by atoms with Crippen molar-refractivity contribution in [3.8, 4) is 0 Å². The standard InChI is InChI=1S/C16H22N4O3S/c17-16-11-12(16)7-4-2-1-3-5-9-18-14-13(8-6-10-19-14)24(22,23)20-15(16)21/h4,6-8,10,12H,1-3,5,9,11,17H2,(H,18,19)(H,20,21)/t12-,16-/m1/s1. The number of anilines is 1. The second-order valence-corrected chi connectivity index (χ2v) is 7.99. The Labute approximate surface area is 141 Å². The zero-order valence-corrected chi connectivity index (χ0v) is 14.2. The molecule has 1 aromatic heterocycles. The van der Waals surface area contributed by atoms with Gasteiger partial charge in [-0.3, -0.25) is 4.79 Å². The van der Waals surface area contributed by atoms with Crippen LogP contribution in [0.25, 0.3) is 0 Å². The minimum absolute atomic E-state index is 0.0374. The van der Waals surface area contributed by atoms with E-state index >= 15 is 0 Å². The van der Waals surface area contributed by atoms with Crippen LogP contribution < -0.4 is 15.8 Å². The van der Waals surface area contributed by atoms with Gasteiger partial charge in [-0.2, -0.15) is 0 Å². The molecule has 0 bridgehead atoms. The van der Waals surface area contributed by atoms with Gasteiger partial charge in [0.1, 0.15) is 16.3 Å². The lowest BCUT2D eigenvalue weighted by molar-refractivity contribution is -0.121. The molecule has 24 heavy (non-hydrogen) atoms. The van der Waals surface area contributed by atoms with E-state index in [1.165, 1.54) is 18.3 Å². The molecule has 0 aromatic carbocycles. The molecule has 1 aliphatic heterocycles. The number of nitrogens with one attached hydrogen (secondary N) is 2. The summed E-state index contributed by atoms with van der Waals surface area (Å²) in [6.45, 7) is 0.626. The summed E-state index contributed by atoms with van der Waals surface area (Å²) in [6, 6.07) is 2.95. The zero-order chi connectivity index (χ0) is 17.2. The molecule has 0 radical (unpaired) electrons. The van der Waals surface area contributed by atoms with Gasteiger partial charge in [0.05, 0.1) is 0 Å². The van der Waals surface area contributed by atoms with Gasteiger partial charge in [0, 0.05) is 18.7 Å². The molecule has 1 aliphatic carbocycles. The quantitative estimate of drug-likeness (QED) is 0.605. The summed E-state index contributed by atoms with van der Waals surface area (Å²) >= 11 is 0. The Morgan fingerprint density at radius 3 is 2.96 bits per heavy atom. The van der Waals surface area contributed by atoms with Gasteiger partial charge in [-0.05, 0) is 37.8 Å². The van der Waals surface area contributed by atoms with Crippen LogP contribution in [0.3, 0.4) is 0 Å². The fourth-order valence-electron chi connectivity index (χ4n) is 2.85. The van der Waals surface area contributed by atoms with Crippen molar-refractivity contribution >= 4 is 21.7 Å². The SMILES string of the molecule is N[C@]12C[C@H]1C=CCCCCCNc1ncccc1S(=O)(=O)NC2=O. The largest absolute Gasteiger partial charge is 0.369 e. The third-order valence-corrected chi connectivity index (χ3v) is 5.84. The summed E-state index contributed by atoms with van der Waals surface area (Å²) in [4.78, 5) is 16.4. The van der Waals surface area contributed by atoms with Gasteiger partial charge < -0.3 is 11.1 Å². The van der Waals surface area contributed by atoms with Gasteiger partial charge in [-0.1, -0.05) is 18.6 Å². The summed E-state index contributed by atoms with van der Waals surface area (Å²) in [7, 11) is -4.02. The molecule has 0 saturated heterocycles. The molecule has 8 heteroatoms. The van der Waals surface area contributed by atoms with Crippen molar-refractivity contribution in [2.45, 2.75) is 42.5 Å². The van der Waals surface area contributed by atoms with Crippen molar-refractivity contribution in [2.24, 2.45) is 11.7 Å². The summed E-state index contributed by atoms with van der Waals surface area (Å²) in [5.74, 6) is -0.518. The predicted molar refractivity (Wildman–Crippen MR) is 90.7 cm³/mol. The molecule has 1 saturated carbocycles. The van der Waals surface area contributed by atoms with E-state index in [1.807, 2.05) is 12.2 Å². The van der Waals surface area contributed by atoms with Gasteiger partial charge in [-0.25, -0.2) is 18.1 Å². The maximum Gasteiger partial charge on any atom is 0.267 e. The highest BCUT2D eigenvalue weighted by Crippen LogP contribution is 2.42. The Balaban J connectivity index is 1.89. The molecule has 4 N–H and O–H groups in total. The molecular weight excluding hydrogens is 328 g/mol. The Bertz CT molecular complexity index is 762. The monoisotopic (exact) mass is 350 g/mol. The highest BCUT2D eigenvalue weighted by Gasteiger charge is 2.56. The maximum absolute atomic E-state index is 12.6. The number of allylic oxidation sites excluding steroid dienone is 1. The number of nitrogens with two attached hydrogens (primary N) is 1. The fraction of sp³-hybridized carbons (Fsp3) is 0.500. The number of hydrogen-bond acceptors (Lipinski definition) is 6. The Morgan fingerprint density at radius 1 is 1.29 bits per heavy atom. The number of sulfonamides is 1. The van der Waals surface area contributed by atoms with Crippen molar-refractivity contribution in [3.05, 3.63) is 30.5 Å². The van der Waals surface area contributed by atoms with E-state index < -0.39 is 21.5 Å². The maximum atomic E-state index is 12.6. The van der Waals surface area contributed by atoms with Gasteiger partial charge >= 0.3 is 0 Å². The number of amides is 1. The van der Waals surface area contributed by atoms with Crippen LogP contribution in [0, 0.1) is 5.92 Å². The van der Waals surface area contributed by atoms with Crippen molar-refractivity contribution in [2.75, 3.05) is 11.9 Å². The Morgan fingerprint density at radius 2 is 2.12 bits per heavy atom. The molecule has 3 rings (SSSR count). The average molecular weight is 350 g/mol. The molecule has 7 nitrogen and oxygen atoms in total. The van der Waals surface area contributed by atoms with E-state index in [2.05, 4.69) is 15.0 Å². The van der Waals surface area contributed by atoms with Crippen LogP contribution in [0.5, 0.6) is 0 Å². The minimum atomic E-state index is -4.02. The number of hydrogen-bond donors (Lipinski definition) is 3. The zero-order valence-electron chi connectivity index (χ0n) is 13.4. The van der Waals surface area contributed by atoms with Crippen LogP contribution in [0.15, 0.2) is 35.4 Å². The number of pyridine rings is 1. The number of aromatic nitrogens is 1. The summed E-state index contributed by atoms with van der Waals surface area (Å²) in [5.41, 5.74) is 4.92. The first-order valence-electron chi connectivity index (χ1n) is 8.15. The fourth-order valence-corrected chi connectivity index (χ4v) is 4.03. The molecule has 2 atom stereocenters. The van der Waals surface area contributed by atoms with E-state index in [1.54, 1.807) is 0 Å². The Hall–Kier alpha value is -1.93. The van der Waals surface area contributed by atoms with Crippen LogP contribution in [0.2, 0.25) is 0 Å². The molecule has 1 aromatic rings. The minimum Gasteiger partial charge on any atom is -0.369 e. The predicted octanol–water partition coefficient (Wildman–Crippen LogP) is 1.15. The Kier molecular flexibility index (Phi) is 4.60. The number of rotatable bonds is 0. The van der Waals surface area contributed by atoms with Gasteiger partial charge in [0.25, 0.3) is 15.9 Å². The molecule has 2 heterocycles. The lowest BCUT2D eigenvalue weighted by atomic mass is 10.1. The summed E-state index contributed by atoms with van der Waals surface area (Å²) < 4.78 is 27.2. The van der Waals surface area contributed by atoms with Gasteiger partial charge in [-0.15, -0.1) is 0 Å². The van der Waals surface area contributed by atoms with Crippen molar-refractivity contribution in [1.29, 1.82) is 0 Å². The third kappa shape index (κ3) is 3.44. The average Bonchev–Trinajstić information content (AvgIpc) is 3.21. The highest BCUT2D eigenvalue weighted by atomic mass is 32.2. The normalized spacial score (nSPS) is 29.9. The molecule has 0 unspecified atom stereocenters. The number of carbonyl (C=O) groups excluding carboxylic acids is 1. The van der Waals surface area contributed by atoms with E-state index in [9.17, 15) is 13.2 Å². The molecular formula is C16H22N4O3S. The smallest absolute Gasteiger partial charge is 0.267 e. The van der Waals surface area contributed by atoms with Crippen LogP contribution in [0.1, 0.15) is 32.1 Å². The van der Waals surface area contributed by atoms with E-state index in [4.69, 9.17) is 5.73 Å². The molecule has 1 fully saturated rings. The van der Waals surface area contributed by atoms with Gasteiger partial charge in [0.15, 0.2) is 0 Å². The first kappa shape index (κ1) is 16.9. The summed E-state index contributed by atoms with van der Waals surface area (Å²) in [6.07, 6.45) is 9.86. The third-order valence-electron chi connectivity index (χ3n) is 4.48. The van der Waals surface area contributed by atoms with E-state index in [-0.39, 0.29) is 16.6 Å². The topological polar surface area (TPSA) is 114 Å². The van der Waals surface area contributed by atoms with Crippen LogP contribution >= 0.6 is 0 Å². The summed E-state index contributed by atoms with van der Waals surface area (Å²) in [5, 5.41) is 3.04. The number of fused-ring (bicyclic) bond motifs is 2. The second-order valence-electron chi connectivity index (χ2n) is 6.34. The molecule has 1 amide bonds. The van der Waals surface area contributed by atoms with Gasteiger partial charge in [0.2, 0.25) is 0 Å². The lowest BCUT2D eigenvalue weighted by Crippen LogP contribution is -2.46. The number of carbonyl (C=O) groups is 1. The lowest BCUT2D eigenvalue weighted by Gasteiger charge is -2.14.